The second kappa shape index (κ2) is 11.0. The number of thiophene rings is 1. The molecule has 1 atom stereocenters. The van der Waals surface area contributed by atoms with Gasteiger partial charge in [-0.05, 0) is 77.7 Å². The Kier molecular flexibility index (Phi) is 8.37. The Hall–Kier alpha value is -2.06. The molecule has 1 aliphatic heterocycles. The van der Waals surface area contributed by atoms with Crippen LogP contribution in [0.2, 0.25) is 0 Å². The standard InChI is InChI=1S/C23H22FNO3S2.ClH/c24-18-3-1-4-19(14-18)30-22-7-6-16(17-8-12-29-15-17)13-21(22)28-11-10-25-9-2-5-20(25)23(26)27;/h1,3-4,6-8,12-15,20H,2,5,9-11H2,(H,26,27);1H/t20-;/m0./s1. The van der Waals surface area contributed by atoms with E-state index in [2.05, 4.69) is 11.4 Å². The molecule has 0 radical (unpaired) electrons. The molecule has 1 N–H and O–H groups in total. The summed E-state index contributed by atoms with van der Waals surface area (Å²) < 4.78 is 19.7. The maximum atomic E-state index is 13.6. The number of ether oxygens (including phenoxy) is 1. The van der Waals surface area contributed by atoms with Crippen molar-refractivity contribution in [1.82, 2.24) is 4.90 Å². The van der Waals surface area contributed by atoms with Crippen LogP contribution in [-0.4, -0.2) is 41.7 Å². The van der Waals surface area contributed by atoms with Crippen LogP contribution in [0.1, 0.15) is 12.8 Å². The molecular formula is C23H23ClFNO3S2. The van der Waals surface area contributed by atoms with Crippen molar-refractivity contribution in [2.75, 3.05) is 19.7 Å². The lowest BCUT2D eigenvalue weighted by Crippen LogP contribution is -2.38. The zero-order chi connectivity index (χ0) is 20.9. The van der Waals surface area contributed by atoms with Crippen LogP contribution in [-0.2, 0) is 4.79 Å². The van der Waals surface area contributed by atoms with E-state index in [-0.39, 0.29) is 18.2 Å². The molecule has 4 rings (SSSR count). The average Bonchev–Trinajstić information content (AvgIpc) is 3.41. The van der Waals surface area contributed by atoms with Gasteiger partial charge in [-0.2, -0.15) is 11.3 Å². The molecule has 0 aliphatic carbocycles. The first-order valence-electron chi connectivity index (χ1n) is 9.80. The Balaban J connectivity index is 0.00000272. The molecule has 1 saturated heterocycles. The monoisotopic (exact) mass is 479 g/mol. The highest BCUT2D eigenvalue weighted by Gasteiger charge is 2.30. The third-order valence-electron chi connectivity index (χ3n) is 5.11. The summed E-state index contributed by atoms with van der Waals surface area (Å²) in [6, 6.07) is 14.2. The van der Waals surface area contributed by atoms with Gasteiger partial charge in [-0.3, -0.25) is 9.69 Å². The predicted molar refractivity (Wildman–Crippen MR) is 125 cm³/mol. The first kappa shape index (κ1) is 23.6. The molecule has 164 valence electrons. The lowest BCUT2D eigenvalue weighted by molar-refractivity contribution is -0.142. The number of carboxylic acids is 1. The highest BCUT2D eigenvalue weighted by atomic mass is 35.5. The van der Waals surface area contributed by atoms with Crippen molar-refractivity contribution in [3.05, 3.63) is 65.1 Å². The summed E-state index contributed by atoms with van der Waals surface area (Å²) >= 11 is 3.09. The molecule has 1 aliphatic rings. The van der Waals surface area contributed by atoms with Crippen molar-refractivity contribution in [1.29, 1.82) is 0 Å². The third kappa shape index (κ3) is 6.01. The van der Waals surface area contributed by atoms with Gasteiger partial charge in [0.15, 0.2) is 0 Å². The number of likely N-dealkylation sites (tertiary alicyclic amines) is 1. The molecule has 0 saturated carbocycles. The molecule has 1 aromatic heterocycles. The molecule has 2 aromatic carbocycles. The van der Waals surface area contributed by atoms with Crippen LogP contribution in [0.3, 0.4) is 0 Å². The fraction of sp³-hybridized carbons (Fsp3) is 0.261. The number of carbonyl (C=O) groups is 1. The summed E-state index contributed by atoms with van der Waals surface area (Å²) in [4.78, 5) is 15.1. The highest BCUT2D eigenvalue weighted by Crippen LogP contribution is 2.38. The fourth-order valence-corrected chi connectivity index (χ4v) is 5.21. The van der Waals surface area contributed by atoms with Crippen molar-refractivity contribution in [2.45, 2.75) is 28.7 Å². The molecule has 1 fully saturated rings. The lowest BCUT2D eigenvalue weighted by Gasteiger charge is -2.21. The minimum absolute atomic E-state index is 0. The number of hydrogen-bond acceptors (Lipinski definition) is 5. The number of halogens is 2. The van der Waals surface area contributed by atoms with E-state index in [4.69, 9.17) is 4.74 Å². The molecule has 4 nitrogen and oxygen atoms in total. The summed E-state index contributed by atoms with van der Waals surface area (Å²) in [6.45, 7) is 1.73. The van der Waals surface area contributed by atoms with Crippen LogP contribution in [0.15, 0.2) is 69.1 Å². The van der Waals surface area contributed by atoms with Gasteiger partial charge < -0.3 is 9.84 Å². The van der Waals surface area contributed by atoms with Crippen LogP contribution in [0.4, 0.5) is 4.39 Å². The van der Waals surface area contributed by atoms with Crippen LogP contribution < -0.4 is 4.74 Å². The van der Waals surface area contributed by atoms with Crippen molar-refractivity contribution in [3.63, 3.8) is 0 Å². The third-order valence-corrected chi connectivity index (χ3v) is 6.84. The average molecular weight is 480 g/mol. The zero-order valence-corrected chi connectivity index (χ0v) is 19.1. The van der Waals surface area contributed by atoms with E-state index in [0.29, 0.717) is 19.6 Å². The number of nitrogens with zero attached hydrogens (tertiary/aromatic N) is 1. The van der Waals surface area contributed by atoms with Gasteiger partial charge >= 0.3 is 5.97 Å². The maximum Gasteiger partial charge on any atom is 0.320 e. The van der Waals surface area contributed by atoms with E-state index in [1.54, 1.807) is 17.4 Å². The normalized spacial score (nSPS) is 16.1. The number of carboxylic acid groups (broad SMARTS) is 1. The minimum Gasteiger partial charge on any atom is -0.491 e. The van der Waals surface area contributed by atoms with Crippen molar-refractivity contribution in [2.24, 2.45) is 0 Å². The molecule has 8 heteroatoms. The highest BCUT2D eigenvalue weighted by molar-refractivity contribution is 7.99. The first-order chi connectivity index (χ1) is 14.6. The SMILES string of the molecule is Cl.O=C(O)[C@@H]1CCCN1CCOc1cc(-c2ccsc2)ccc1Sc1cccc(F)c1. The quantitative estimate of drug-likeness (QED) is 0.426. The lowest BCUT2D eigenvalue weighted by atomic mass is 10.1. The van der Waals surface area contributed by atoms with Gasteiger partial charge in [-0.1, -0.05) is 23.9 Å². The van der Waals surface area contributed by atoms with Crippen molar-refractivity contribution in [3.8, 4) is 16.9 Å². The first-order valence-corrected chi connectivity index (χ1v) is 11.6. The van der Waals surface area contributed by atoms with E-state index >= 15 is 0 Å². The van der Waals surface area contributed by atoms with E-state index in [1.165, 1.54) is 23.9 Å². The molecule has 2 heterocycles. The zero-order valence-electron chi connectivity index (χ0n) is 16.7. The smallest absolute Gasteiger partial charge is 0.320 e. The largest absolute Gasteiger partial charge is 0.491 e. The van der Waals surface area contributed by atoms with Crippen molar-refractivity contribution >= 4 is 41.5 Å². The Bertz CT molecular complexity index is 1020. The summed E-state index contributed by atoms with van der Waals surface area (Å²) in [5.41, 5.74) is 2.18. The Morgan fingerprint density at radius 3 is 2.84 bits per heavy atom. The Morgan fingerprint density at radius 1 is 1.23 bits per heavy atom. The Morgan fingerprint density at radius 2 is 2.10 bits per heavy atom. The molecular weight excluding hydrogens is 457 g/mol. The van der Waals surface area contributed by atoms with Gasteiger partial charge in [0.05, 0.1) is 4.90 Å². The molecule has 0 amide bonds. The minimum atomic E-state index is -0.769. The summed E-state index contributed by atoms with van der Waals surface area (Å²) in [7, 11) is 0. The summed E-state index contributed by atoms with van der Waals surface area (Å²) in [5, 5.41) is 13.5. The summed E-state index contributed by atoms with van der Waals surface area (Å²) in [5.74, 6) is -0.320. The van der Waals surface area contributed by atoms with Gasteiger partial charge in [-0.15, -0.1) is 12.4 Å². The topological polar surface area (TPSA) is 49.8 Å². The van der Waals surface area contributed by atoms with Crippen LogP contribution >= 0.6 is 35.5 Å². The van der Waals surface area contributed by atoms with Crippen molar-refractivity contribution < 1.29 is 19.0 Å². The van der Waals surface area contributed by atoms with Gasteiger partial charge in [0.1, 0.15) is 24.2 Å². The van der Waals surface area contributed by atoms with E-state index in [1.807, 2.05) is 34.5 Å². The molecule has 0 spiro atoms. The van der Waals surface area contributed by atoms with Gasteiger partial charge in [0.25, 0.3) is 0 Å². The molecule has 0 bridgehead atoms. The maximum absolute atomic E-state index is 13.6. The van der Waals surface area contributed by atoms with Gasteiger partial charge in [0.2, 0.25) is 0 Å². The second-order valence-electron chi connectivity index (χ2n) is 7.11. The summed E-state index contributed by atoms with van der Waals surface area (Å²) in [6.07, 6.45) is 1.58. The van der Waals surface area contributed by atoms with E-state index < -0.39 is 12.0 Å². The number of aliphatic carboxylic acids is 1. The van der Waals surface area contributed by atoms with Crippen LogP contribution in [0.5, 0.6) is 5.75 Å². The molecule has 31 heavy (non-hydrogen) atoms. The van der Waals surface area contributed by atoms with E-state index in [9.17, 15) is 14.3 Å². The Labute approximate surface area is 195 Å². The number of benzene rings is 2. The fourth-order valence-electron chi connectivity index (χ4n) is 3.62. The van der Waals surface area contributed by atoms with Crippen LogP contribution in [0.25, 0.3) is 11.1 Å². The predicted octanol–water partition coefficient (Wildman–Crippen LogP) is 6.06. The van der Waals surface area contributed by atoms with E-state index in [0.717, 1.165) is 39.6 Å². The van der Waals surface area contributed by atoms with Gasteiger partial charge in [0, 0.05) is 11.4 Å². The second-order valence-corrected chi connectivity index (χ2v) is 9.01. The van der Waals surface area contributed by atoms with Crippen LogP contribution in [0, 0.1) is 5.82 Å². The molecule has 0 unspecified atom stereocenters. The number of hydrogen-bond donors (Lipinski definition) is 1. The number of rotatable bonds is 8. The molecule has 3 aromatic rings. The van der Waals surface area contributed by atoms with Gasteiger partial charge in [-0.25, -0.2) is 4.39 Å².